The first-order valence-corrected chi connectivity index (χ1v) is 13.2. The lowest BCUT2D eigenvalue weighted by Gasteiger charge is -2.19. The van der Waals surface area contributed by atoms with Crippen LogP contribution >= 0.6 is 0 Å². The number of aromatic nitrogens is 1. The summed E-state index contributed by atoms with van der Waals surface area (Å²) in [7, 11) is -3.89. The van der Waals surface area contributed by atoms with Gasteiger partial charge in [0, 0.05) is 5.56 Å². The molecule has 0 saturated heterocycles. The molecular formula is C26H32N2O7S. The van der Waals surface area contributed by atoms with Crippen LogP contribution in [-0.2, 0) is 32.1 Å². The van der Waals surface area contributed by atoms with Crippen LogP contribution in [0.25, 0.3) is 11.5 Å². The Morgan fingerprint density at radius 1 is 1.06 bits per heavy atom. The summed E-state index contributed by atoms with van der Waals surface area (Å²) in [6.45, 7) is 7.22. The van der Waals surface area contributed by atoms with Crippen LogP contribution in [0.3, 0.4) is 0 Å². The molecule has 0 aliphatic heterocycles. The standard InChI is InChI=1S/C26H32N2O7S/c1-19-23(28-24(34-19)21-10-6-5-7-11-21)17-32-22-14-12-20(13-15-22)9-8-16-33-36(30,31)18-27-25(29)35-26(2,3)4/h5-7,10-15H,8-9,16-18H2,1-4H3,(H,27,29). The smallest absolute Gasteiger partial charge is 0.408 e. The number of nitrogens with zero attached hydrogens (tertiary/aromatic N) is 1. The van der Waals surface area contributed by atoms with Crippen LogP contribution in [0.4, 0.5) is 4.79 Å². The van der Waals surface area contributed by atoms with Crippen molar-refractivity contribution in [2.45, 2.75) is 52.7 Å². The van der Waals surface area contributed by atoms with Crippen LogP contribution in [0, 0.1) is 6.92 Å². The average Bonchev–Trinajstić information content (AvgIpc) is 3.20. The molecule has 0 fully saturated rings. The number of carbonyl (C=O) groups is 1. The number of hydrogen-bond donors (Lipinski definition) is 1. The number of benzene rings is 2. The number of nitrogens with one attached hydrogen (secondary N) is 1. The average molecular weight is 517 g/mol. The van der Waals surface area contributed by atoms with Crippen LogP contribution in [0.15, 0.2) is 59.0 Å². The van der Waals surface area contributed by atoms with Gasteiger partial charge in [-0.3, -0.25) is 4.18 Å². The van der Waals surface area contributed by atoms with Crippen LogP contribution < -0.4 is 10.1 Å². The van der Waals surface area contributed by atoms with Crippen LogP contribution in [0.1, 0.15) is 44.2 Å². The van der Waals surface area contributed by atoms with Gasteiger partial charge >= 0.3 is 6.09 Å². The lowest BCUT2D eigenvalue weighted by Crippen LogP contribution is -2.36. The maximum Gasteiger partial charge on any atom is 0.408 e. The van der Waals surface area contributed by atoms with E-state index in [1.165, 1.54) is 0 Å². The Kier molecular flexibility index (Phi) is 9.11. The van der Waals surface area contributed by atoms with Gasteiger partial charge in [0.15, 0.2) is 0 Å². The molecule has 0 bridgehead atoms. The van der Waals surface area contributed by atoms with Crippen molar-refractivity contribution in [2.24, 2.45) is 0 Å². The number of oxazole rings is 1. The summed E-state index contributed by atoms with van der Waals surface area (Å²) in [5.74, 6) is 1.31. The quantitative estimate of drug-likeness (QED) is 0.280. The molecule has 1 heterocycles. The summed E-state index contributed by atoms with van der Waals surface area (Å²) in [5.41, 5.74) is 1.94. The van der Waals surface area contributed by atoms with Crippen molar-refractivity contribution in [2.75, 3.05) is 12.5 Å². The highest BCUT2D eigenvalue weighted by Gasteiger charge is 2.19. The molecule has 1 amide bonds. The second kappa shape index (κ2) is 12.0. The maximum atomic E-state index is 11.9. The van der Waals surface area contributed by atoms with Crippen molar-refractivity contribution in [3.05, 3.63) is 71.6 Å². The highest BCUT2D eigenvalue weighted by atomic mass is 32.2. The number of carbonyl (C=O) groups excluding carboxylic acids is 1. The third-order valence-corrected chi connectivity index (χ3v) is 5.90. The Morgan fingerprint density at radius 3 is 2.42 bits per heavy atom. The van der Waals surface area contributed by atoms with Gasteiger partial charge in [-0.2, -0.15) is 8.42 Å². The van der Waals surface area contributed by atoms with Gasteiger partial charge in [0.1, 0.15) is 35.3 Å². The summed E-state index contributed by atoms with van der Waals surface area (Å²) in [4.78, 5) is 16.1. The van der Waals surface area contributed by atoms with Crippen LogP contribution in [0.5, 0.6) is 5.75 Å². The first-order chi connectivity index (χ1) is 17.0. The molecule has 0 spiro atoms. The highest BCUT2D eigenvalue weighted by Crippen LogP contribution is 2.23. The Morgan fingerprint density at radius 2 is 1.75 bits per heavy atom. The SMILES string of the molecule is Cc1oc(-c2ccccc2)nc1COc1ccc(CCCOS(=O)(=O)CNC(=O)OC(C)(C)C)cc1. The minimum absolute atomic E-state index is 0.00572. The zero-order chi connectivity index (χ0) is 26.2. The molecule has 0 aliphatic rings. The van der Waals surface area contributed by atoms with Gasteiger partial charge in [0.2, 0.25) is 5.89 Å². The van der Waals surface area contributed by atoms with Crippen molar-refractivity contribution in [1.29, 1.82) is 0 Å². The molecule has 1 N–H and O–H groups in total. The molecule has 10 heteroatoms. The van der Waals surface area contributed by atoms with E-state index in [1.807, 2.05) is 61.5 Å². The van der Waals surface area contributed by atoms with E-state index < -0.39 is 27.7 Å². The van der Waals surface area contributed by atoms with E-state index in [4.69, 9.17) is 18.1 Å². The van der Waals surface area contributed by atoms with Gasteiger partial charge in [-0.1, -0.05) is 30.3 Å². The minimum Gasteiger partial charge on any atom is -0.487 e. The van der Waals surface area contributed by atoms with Gasteiger partial charge < -0.3 is 19.2 Å². The van der Waals surface area contributed by atoms with E-state index in [1.54, 1.807) is 20.8 Å². The van der Waals surface area contributed by atoms with Crippen molar-refractivity contribution in [3.63, 3.8) is 0 Å². The molecule has 2 aromatic carbocycles. The van der Waals surface area contributed by atoms with Gasteiger partial charge in [0.05, 0.1) is 6.61 Å². The zero-order valence-corrected chi connectivity index (χ0v) is 21.8. The third-order valence-electron chi connectivity index (χ3n) is 4.88. The van der Waals surface area contributed by atoms with E-state index in [0.29, 0.717) is 30.2 Å². The normalized spacial score (nSPS) is 11.8. The molecule has 3 aromatic rings. The van der Waals surface area contributed by atoms with E-state index in [-0.39, 0.29) is 13.2 Å². The number of ether oxygens (including phenoxy) is 2. The zero-order valence-electron chi connectivity index (χ0n) is 20.9. The summed E-state index contributed by atoms with van der Waals surface area (Å²) < 4.78 is 45.4. The molecule has 0 unspecified atom stereocenters. The highest BCUT2D eigenvalue weighted by molar-refractivity contribution is 7.86. The second-order valence-electron chi connectivity index (χ2n) is 9.13. The number of rotatable bonds is 11. The molecule has 9 nitrogen and oxygen atoms in total. The molecule has 3 rings (SSSR count). The molecule has 0 aliphatic carbocycles. The van der Waals surface area contributed by atoms with Gasteiger partial charge in [-0.15, -0.1) is 0 Å². The Bertz CT molecular complexity index is 1230. The Labute approximate surface area is 211 Å². The Balaban J connectivity index is 1.39. The van der Waals surface area contributed by atoms with E-state index in [9.17, 15) is 13.2 Å². The van der Waals surface area contributed by atoms with Crippen molar-refractivity contribution < 1.29 is 31.3 Å². The number of amides is 1. The molecule has 194 valence electrons. The fraction of sp³-hybridized carbons (Fsp3) is 0.385. The predicted octanol–water partition coefficient (Wildman–Crippen LogP) is 4.99. The fourth-order valence-corrected chi connectivity index (χ4v) is 3.89. The monoisotopic (exact) mass is 516 g/mol. The number of hydrogen-bond acceptors (Lipinski definition) is 8. The predicted molar refractivity (Wildman–Crippen MR) is 135 cm³/mol. The summed E-state index contributed by atoms with van der Waals surface area (Å²) in [6.07, 6.45) is 0.303. The van der Waals surface area contributed by atoms with Crippen molar-refractivity contribution in [3.8, 4) is 17.2 Å². The van der Waals surface area contributed by atoms with Gasteiger partial charge in [-0.05, 0) is 70.4 Å². The van der Waals surface area contributed by atoms with Crippen molar-refractivity contribution in [1.82, 2.24) is 10.3 Å². The maximum absolute atomic E-state index is 11.9. The molecular weight excluding hydrogens is 484 g/mol. The van der Waals surface area contributed by atoms with E-state index >= 15 is 0 Å². The first kappa shape index (κ1) is 27.2. The molecule has 0 atom stereocenters. The van der Waals surface area contributed by atoms with Gasteiger partial charge in [-0.25, -0.2) is 9.78 Å². The minimum atomic E-state index is -3.89. The largest absolute Gasteiger partial charge is 0.487 e. The summed E-state index contributed by atoms with van der Waals surface area (Å²) >= 11 is 0. The van der Waals surface area contributed by atoms with Gasteiger partial charge in [0.25, 0.3) is 10.1 Å². The van der Waals surface area contributed by atoms with Crippen LogP contribution in [-0.4, -0.2) is 37.6 Å². The summed E-state index contributed by atoms with van der Waals surface area (Å²) in [6, 6.07) is 17.2. The van der Waals surface area contributed by atoms with Crippen LogP contribution in [0.2, 0.25) is 0 Å². The molecule has 1 aromatic heterocycles. The summed E-state index contributed by atoms with van der Waals surface area (Å²) in [5, 5.41) is 2.18. The molecule has 36 heavy (non-hydrogen) atoms. The first-order valence-electron chi connectivity index (χ1n) is 11.6. The topological polar surface area (TPSA) is 117 Å². The lowest BCUT2D eigenvalue weighted by atomic mass is 10.1. The lowest BCUT2D eigenvalue weighted by molar-refractivity contribution is 0.0535. The van der Waals surface area contributed by atoms with E-state index in [0.717, 1.165) is 16.8 Å². The number of alkyl carbamates (subject to hydrolysis) is 1. The third kappa shape index (κ3) is 9.01. The number of aryl methyl sites for hydroxylation is 2. The van der Waals surface area contributed by atoms with Crippen molar-refractivity contribution >= 4 is 16.2 Å². The molecule has 0 radical (unpaired) electrons. The molecule has 0 saturated carbocycles. The Hall–Kier alpha value is -3.37. The second-order valence-corrected chi connectivity index (χ2v) is 10.8. The fourth-order valence-electron chi connectivity index (χ4n) is 3.14. The van der Waals surface area contributed by atoms with E-state index in [2.05, 4.69) is 10.3 Å².